The fourth-order valence-electron chi connectivity index (χ4n) is 3.67. The SMILES string of the molecule is CCc1ccc2c(c1)OC([C@H](C)c1ccc3c(c1)OCCN3)CN2C. The van der Waals surface area contributed by atoms with Crippen molar-refractivity contribution >= 4 is 11.4 Å². The summed E-state index contributed by atoms with van der Waals surface area (Å²) in [6, 6.07) is 13.0. The van der Waals surface area contributed by atoms with Crippen molar-refractivity contribution in [3.05, 3.63) is 47.5 Å². The van der Waals surface area contributed by atoms with Crippen LogP contribution in [-0.2, 0) is 6.42 Å². The molecule has 2 aliphatic rings. The van der Waals surface area contributed by atoms with Crippen LogP contribution in [0.2, 0.25) is 0 Å². The van der Waals surface area contributed by atoms with Crippen molar-refractivity contribution in [1.82, 2.24) is 0 Å². The molecule has 4 heteroatoms. The maximum absolute atomic E-state index is 6.41. The third-order valence-corrected chi connectivity index (χ3v) is 5.34. The number of likely N-dealkylation sites (N-methyl/N-ethyl adjacent to an activating group) is 1. The van der Waals surface area contributed by atoms with Crippen molar-refractivity contribution in [2.45, 2.75) is 32.3 Å². The molecule has 0 aliphatic carbocycles. The van der Waals surface area contributed by atoms with E-state index < -0.39 is 0 Å². The van der Waals surface area contributed by atoms with E-state index in [1.54, 1.807) is 0 Å². The first-order valence-corrected chi connectivity index (χ1v) is 9.17. The average molecular weight is 338 g/mol. The molecule has 0 fully saturated rings. The first-order valence-electron chi connectivity index (χ1n) is 9.17. The summed E-state index contributed by atoms with van der Waals surface area (Å²) in [5.74, 6) is 2.24. The molecular weight excluding hydrogens is 312 g/mol. The van der Waals surface area contributed by atoms with Crippen molar-refractivity contribution in [2.75, 3.05) is 37.0 Å². The number of nitrogens with one attached hydrogen (secondary N) is 1. The molecule has 2 heterocycles. The van der Waals surface area contributed by atoms with Crippen LogP contribution in [0.4, 0.5) is 11.4 Å². The Morgan fingerprint density at radius 1 is 1.20 bits per heavy atom. The number of fused-ring (bicyclic) bond motifs is 2. The van der Waals surface area contributed by atoms with E-state index >= 15 is 0 Å². The molecule has 0 spiro atoms. The lowest BCUT2D eigenvalue weighted by atomic mass is 9.93. The zero-order chi connectivity index (χ0) is 17.4. The number of anilines is 2. The van der Waals surface area contributed by atoms with Gasteiger partial charge in [0.2, 0.25) is 0 Å². The van der Waals surface area contributed by atoms with E-state index in [1.807, 2.05) is 0 Å². The summed E-state index contributed by atoms with van der Waals surface area (Å²) >= 11 is 0. The number of benzene rings is 2. The largest absolute Gasteiger partial charge is 0.490 e. The van der Waals surface area contributed by atoms with Crippen molar-refractivity contribution in [1.29, 1.82) is 0 Å². The topological polar surface area (TPSA) is 33.7 Å². The first kappa shape index (κ1) is 16.1. The molecule has 4 nitrogen and oxygen atoms in total. The second-order valence-corrected chi connectivity index (χ2v) is 7.01. The predicted molar refractivity (Wildman–Crippen MR) is 102 cm³/mol. The summed E-state index contributed by atoms with van der Waals surface area (Å²) in [5, 5.41) is 3.38. The van der Waals surface area contributed by atoms with E-state index in [-0.39, 0.29) is 12.0 Å². The van der Waals surface area contributed by atoms with Crippen LogP contribution in [0, 0.1) is 0 Å². The number of hydrogen-bond acceptors (Lipinski definition) is 4. The normalized spacial score (nSPS) is 19.8. The minimum absolute atomic E-state index is 0.124. The summed E-state index contributed by atoms with van der Waals surface area (Å²) in [7, 11) is 2.15. The van der Waals surface area contributed by atoms with Crippen molar-refractivity contribution in [2.24, 2.45) is 0 Å². The van der Waals surface area contributed by atoms with Crippen LogP contribution in [0.5, 0.6) is 11.5 Å². The zero-order valence-corrected chi connectivity index (χ0v) is 15.2. The maximum atomic E-state index is 6.41. The molecule has 0 aromatic heterocycles. The van der Waals surface area contributed by atoms with Gasteiger partial charge >= 0.3 is 0 Å². The fraction of sp³-hybridized carbons (Fsp3) is 0.429. The fourth-order valence-corrected chi connectivity index (χ4v) is 3.67. The van der Waals surface area contributed by atoms with Gasteiger partial charge in [-0.15, -0.1) is 0 Å². The predicted octanol–water partition coefficient (Wildman–Crippen LogP) is 4.05. The number of hydrogen-bond donors (Lipinski definition) is 1. The summed E-state index contributed by atoms with van der Waals surface area (Å²) in [6.07, 6.45) is 1.15. The number of ether oxygens (including phenoxy) is 2. The van der Waals surface area contributed by atoms with E-state index in [0.29, 0.717) is 0 Å². The third-order valence-electron chi connectivity index (χ3n) is 5.34. The average Bonchev–Trinajstić information content (AvgIpc) is 2.66. The second-order valence-electron chi connectivity index (χ2n) is 7.01. The molecule has 0 bridgehead atoms. The van der Waals surface area contributed by atoms with E-state index in [1.165, 1.54) is 16.8 Å². The summed E-state index contributed by atoms with van der Waals surface area (Å²) in [5.41, 5.74) is 4.84. The Balaban J connectivity index is 1.59. The van der Waals surface area contributed by atoms with Gasteiger partial charge < -0.3 is 19.7 Å². The molecule has 0 amide bonds. The monoisotopic (exact) mass is 338 g/mol. The molecule has 0 saturated heterocycles. The Kier molecular flexibility index (Phi) is 4.20. The Morgan fingerprint density at radius 2 is 2.08 bits per heavy atom. The van der Waals surface area contributed by atoms with Crippen molar-refractivity contribution in [3.63, 3.8) is 0 Å². The highest BCUT2D eigenvalue weighted by Crippen LogP contribution is 2.38. The lowest BCUT2D eigenvalue weighted by Crippen LogP contribution is -2.40. The van der Waals surface area contributed by atoms with E-state index in [9.17, 15) is 0 Å². The van der Waals surface area contributed by atoms with Crippen LogP contribution in [0.3, 0.4) is 0 Å². The molecule has 2 aromatic rings. The van der Waals surface area contributed by atoms with Gasteiger partial charge in [-0.1, -0.05) is 26.0 Å². The van der Waals surface area contributed by atoms with Gasteiger partial charge in [0, 0.05) is 19.5 Å². The highest BCUT2D eigenvalue weighted by atomic mass is 16.5. The molecule has 1 unspecified atom stereocenters. The van der Waals surface area contributed by atoms with Gasteiger partial charge in [0.05, 0.1) is 17.9 Å². The number of aryl methyl sites for hydroxylation is 1. The molecule has 2 aromatic carbocycles. The summed E-state index contributed by atoms with van der Waals surface area (Å²) in [6.45, 7) is 6.89. The molecule has 4 rings (SSSR count). The van der Waals surface area contributed by atoms with Crippen LogP contribution in [-0.4, -0.2) is 32.8 Å². The molecule has 1 N–H and O–H groups in total. The standard InChI is InChI=1S/C21H26N2O2/c1-4-15-5-8-18-20(11-15)25-21(13-23(18)3)14(2)16-6-7-17-19(12-16)24-10-9-22-17/h5-8,11-12,14,21-22H,4,9-10,13H2,1-3H3/t14-,21?/m1/s1. The Bertz CT molecular complexity index is 774. The number of nitrogens with zero attached hydrogens (tertiary/aromatic N) is 1. The second kappa shape index (κ2) is 6.51. The van der Waals surface area contributed by atoms with Gasteiger partial charge in [-0.05, 0) is 41.8 Å². The number of rotatable bonds is 3. The van der Waals surface area contributed by atoms with Crippen molar-refractivity contribution in [3.8, 4) is 11.5 Å². The van der Waals surface area contributed by atoms with Crippen LogP contribution in [0.15, 0.2) is 36.4 Å². The van der Waals surface area contributed by atoms with Crippen LogP contribution in [0.1, 0.15) is 30.9 Å². The minimum Gasteiger partial charge on any atom is -0.490 e. The van der Waals surface area contributed by atoms with Crippen LogP contribution in [0.25, 0.3) is 0 Å². The van der Waals surface area contributed by atoms with Gasteiger partial charge in [0.25, 0.3) is 0 Å². The quantitative estimate of drug-likeness (QED) is 0.915. The van der Waals surface area contributed by atoms with Crippen LogP contribution < -0.4 is 19.7 Å². The molecule has 2 atom stereocenters. The first-order chi connectivity index (χ1) is 12.2. The lowest BCUT2D eigenvalue weighted by molar-refractivity contribution is 0.171. The summed E-state index contributed by atoms with van der Waals surface area (Å²) in [4.78, 5) is 2.30. The molecule has 25 heavy (non-hydrogen) atoms. The Morgan fingerprint density at radius 3 is 2.92 bits per heavy atom. The van der Waals surface area contributed by atoms with Crippen LogP contribution >= 0.6 is 0 Å². The minimum atomic E-state index is 0.124. The third kappa shape index (κ3) is 3.01. The van der Waals surface area contributed by atoms with Gasteiger partial charge in [-0.25, -0.2) is 0 Å². The van der Waals surface area contributed by atoms with E-state index in [2.05, 4.69) is 67.5 Å². The highest BCUT2D eigenvalue weighted by Gasteiger charge is 2.29. The Labute approximate surface area is 149 Å². The van der Waals surface area contributed by atoms with Gasteiger partial charge in [0.1, 0.15) is 24.2 Å². The maximum Gasteiger partial charge on any atom is 0.143 e. The zero-order valence-electron chi connectivity index (χ0n) is 15.2. The highest BCUT2D eigenvalue weighted by molar-refractivity contribution is 5.62. The molecule has 2 aliphatic heterocycles. The van der Waals surface area contributed by atoms with Crippen molar-refractivity contribution < 1.29 is 9.47 Å². The van der Waals surface area contributed by atoms with Gasteiger partial charge in [-0.2, -0.15) is 0 Å². The molecular formula is C21H26N2O2. The molecule has 0 radical (unpaired) electrons. The smallest absolute Gasteiger partial charge is 0.143 e. The Hall–Kier alpha value is -2.36. The van der Waals surface area contributed by atoms with E-state index in [0.717, 1.165) is 43.3 Å². The van der Waals surface area contributed by atoms with Gasteiger partial charge in [-0.3, -0.25) is 0 Å². The molecule has 132 valence electrons. The van der Waals surface area contributed by atoms with E-state index in [4.69, 9.17) is 9.47 Å². The lowest BCUT2D eigenvalue weighted by Gasteiger charge is -2.37. The molecule has 0 saturated carbocycles. The van der Waals surface area contributed by atoms with Gasteiger partial charge in [0.15, 0.2) is 0 Å². The summed E-state index contributed by atoms with van der Waals surface area (Å²) < 4.78 is 12.2.